The molecule has 0 aromatic heterocycles. The lowest BCUT2D eigenvalue weighted by Gasteiger charge is -2.11. The summed E-state index contributed by atoms with van der Waals surface area (Å²) in [6.07, 6.45) is 43.2. The first-order valence-corrected chi connectivity index (χ1v) is 19.1. The Morgan fingerprint density at radius 3 is 0.850 bits per heavy atom. The van der Waals surface area contributed by atoms with Gasteiger partial charge in [0.05, 0.1) is 0 Å². The summed E-state index contributed by atoms with van der Waals surface area (Å²) in [4.78, 5) is 12.2. The molecule has 0 spiro atoms. The fraction of sp³-hybridized carbons (Fsp3) is 0.974. The predicted octanol–water partition coefficient (Wildman–Crippen LogP) is 14.4. The molecule has 2 unspecified atom stereocenters. The molecule has 0 aliphatic carbocycles. The SMILES string of the molecule is CCCCCCCCC(C)CCCCCCCCCC(=O)CCCCCCCCCC(C)CCCCCCCC. The van der Waals surface area contributed by atoms with E-state index in [9.17, 15) is 4.79 Å². The van der Waals surface area contributed by atoms with E-state index in [-0.39, 0.29) is 0 Å². The number of hydrogen-bond donors (Lipinski definition) is 0. The van der Waals surface area contributed by atoms with Crippen molar-refractivity contribution in [2.24, 2.45) is 11.8 Å². The summed E-state index contributed by atoms with van der Waals surface area (Å²) in [7, 11) is 0. The third kappa shape index (κ3) is 32.2. The quantitative estimate of drug-likeness (QED) is 0.0713. The van der Waals surface area contributed by atoms with Gasteiger partial charge in [-0.05, 0) is 24.7 Å². The molecule has 0 radical (unpaired) electrons. The zero-order chi connectivity index (χ0) is 29.4. The van der Waals surface area contributed by atoms with Crippen LogP contribution in [0.3, 0.4) is 0 Å². The van der Waals surface area contributed by atoms with Crippen LogP contribution in [0.2, 0.25) is 0 Å². The first kappa shape index (κ1) is 39.7. The Morgan fingerprint density at radius 2 is 0.575 bits per heavy atom. The normalized spacial score (nSPS) is 13.1. The highest BCUT2D eigenvalue weighted by Gasteiger charge is 2.05. The fourth-order valence-electron chi connectivity index (χ4n) is 6.36. The summed E-state index contributed by atoms with van der Waals surface area (Å²) in [5.74, 6) is 2.38. The summed E-state index contributed by atoms with van der Waals surface area (Å²) in [5.41, 5.74) is 0. The smallest absolute Gasteiger partial charge is 0.132 e. The maximum Gasteiger partial charge on any atom is 0.132 e. The standard InChI is InChI=1S/C39H78O/c1-5-7-9-11-19-25-31-37(3)33-27-21-15-13-17-23-29-35-39(40)36-30-24-18-14-16-22-28-34-38(4)32-26-20-12-10-8-6-2/h37-38H,5-36H2,1-4H3. The van der Waals surface area contributed by atoms with Gasteiger partial charge in [0, 0.05) is 12.8 Å². The minimum atomic E-state index is 0.527. The van der Waals surface area contributed by atoms with E-state index in [1.165, 1.54) is 180 Å². The zero-order valence-corrected chi connectivity index (χ0v) is 28.7. The molecule has 0 aromatic carbocycles. The van der Waals surface area contributed by atoms with Crippen molar-refractivity contribution in [1.29, 1.82) is 0 Å². The highest BCUT2D eigenvalue weighted by molar-refractivity contribution is 5.78. The summed E-state index contributed by atoms with van der Waals surface area (Å²) >= 11 is 0. The van der Waals surface area contributed by atoms with Gasteiger partial charge in [-0.3, -0.25) is 4.79 Å². The number of hydrogen-bond acceptors (Lipinski definition) is 1. The molecule has 0 aromatic rings. The van der Waals surface area contributed by atoms with Crippen molar-refractivity contribution in [2.45, 2.75) is 233 Å². The van der Waals surface area contributed by atoms with Gasteiger partial charge in [0.15, 0.2) is 0 Å². The molecule has 0 heterocycles. The average molecular weight is 563 g/mol. The second-order valence-corrected chi connectivity index (χ2v) is 13.9. The van der Waals surface area contributed by atoms with Crippen molar-refractivity contribution in [2.75, 3.05) is 0 Å². The van der Waals surface area contributed by atoms with Gasteiger partial charge in [0.2, 0.25) is 0 Å². The first-order chi connectivity index (χ1) is 19.6. The first-order valence-electron chi connectivity index (χ1n) is 19.1. The molecule has 0 amide bonds. The Labute approximate surface area is 255 Å². The second-order valence-electron chi connectivity index (χ2n) is 13.9. The Kier molecular flexibility index (Phi) is 32.9. The minimum absolute atomic E-state index is 0.527. The highest BCUT2D eigenvalue weighted by atomic mass is 16.1. The molecule has 0 rings (SSSR count). The zero-order valence-electron chi connectivity index (χ0n) is 28.7. The van der Waals surface area contributed by atoms with E-state index >= 15 is 0 Å². The van der Waals surface area contributed by atoms with Gasteiger partial charge in [-0.15, -0.1) is 0 Å². The van der Waals surface area contributed by atoms with E-state index in [1.807, 2.05) is 0 Å². The van der Waals surface area contributed by atoms with Crippen LogP contribution in [-0.2, 0) is 4.79 Å². The molecule has 1 nitrogen and oxygen atoms in total. The second kappa shape index (κ2) is 33.2. The van der Waals surface area contributed by atoms with E-state index in [4.69, 9.17) is 0 Å². The van der Waals surface area contributed by atoms with Gasteiger partial charge < -0.3 is 0 Å². The van der Waals surface area contributed by atoms with Crippen LogP contribution in [0.15, 0.2) is 0 Å². The summed E-state index contributed by atoms with van der Waals surface area (Å²) in [6, 6.07) is 0. The molecule has 0 saturated heterocycles. The number of Topliss-reactive ketones (excluding diaryl/α,β-unsaturated/α-hetero) is 1. The summed E-state index contributed by atoms with van der Waals surface area (Å²) < 4.78 is 0. The molecule has 0 N–H and O–H groups in total. The maximum absolute atomic E-state index is 12.2. The molecule has 1 heteroatoms. The van der Waals surface area contributed by atoms with Crippen LogP contribution in [0.4, 0.5) is 0 Å². The molecule has 240 valence electrons. The molecule has 0 fully saturated rings. The van der Waals surface area contributed by atoms with Crippen LogP contribution in [0.1, 0.15) is 233 Å². The monoisotopic (exact) mass is 563 g/mol. The molecular formula is C39H78O. The third-order valence-electron chi connectivity index (χ3n) is 9.41. The number of rotatable bonds is 34. The van der Waals surface area contributed by atoms with Crippen molar-refractivity contribution >= 4 is 5.78 Å². The molecular weight excluding hydrogens is 484 g/mol. The fourth-order valence-corrected chi connectivity index (χ4v) is 6.36. The summed E-state index contributed by atoms with van der Waals surface area (Å²) in [6.45, 7) is 9.52. The van der Waals surface area contributed by atoms with Crippen LogP contribution in [0.25, 0.3) is 0 Å². The lowest BCUT2D eigenvalue weighted by molar-refractivity contribution is -0.119. The largest absolute Gasteiger partial charge is 0.300 e. The van der Waals surface area contributed by atoms with Gasteiger partial charge in [-0.25, -0.2) is 0 Å². The van der Waals surface area contributed by atoms with Crippen LogP contribution in [0.5, 0.6) is 0 Å². The van der Waals surface area contributed by atoms with E-state index in [0.717, 1.165) is 37.5 Å². The lowest BCUT2D eigenvalue weighted by Crippen LogP contribution is -1.98. The molecule has 0 bridgehead atoms. The van der Waals surface area contributed by atoms with E-state index in [2.05, 4.69) is 27.7 Å². The van der Waals surface area contributed by atoms with Gasteiger partial charge in [-0.1, -0.05) is 207 Å². The Morgan fingerprint density at radius 1 is 0.350 bits per heavy atom. The predicted molar refractivity (Wildman–Crippen MR) is 182 cm³/mol. The van der Waals surface area contributed by atoms with Gasteiger partial charge in [-0.2, -0.15) is 0 Å². The van der Waals surface area contributed by atoms with Crippen molar-refractivity contribution < 1.29 is 4.79 Å². The molecule has 0 saturated carbocycles. The van der Waals surface area contributed by atoms with E-state index < -0.39 is 0 Å². The number of carbonyl (C=O) groups is 1. The van der Waals surface area contributed by atoms with Crippen molar-refractivity contribution in [3.63, 3.8) is 0 Å². The minimum Gasteiger partial charge on any atom is -0.300 e. The van der Waals surface area contributed by atoms with E-state index in [0.29, 0.717) is 5.78 Å². The molecule has 0 aliphatic heterocycles. The van der Waals surface area contributed by atoms with Gasteiger partial charge in [0.1, 0.15) is 5.78 Å². The van der Waals surface area contributed by atoms with Crippen LogP contribution < -0.4 is 0 Å². The van der Waals surface area contributed by atoms with Crippen LogP contribution in [-0.4, -0.2) is 5.78 Å². The van der Waals surface area contributed by atoms with Crippen LogP contribution in [0, 0.1) is 11.8 Å². The summed E-state index contributed by atoms with van der Waals surface area (Å²) in [5, 5.41) is 0. The number of ketones is 1. The van der Waals surface area contributed by atoms with Crippen molar-refractivity contribution in [3.05, 3.63) is 0 Å². The van der Waals surface area contributed by atoms with Gasteiger partial charge in [0.25, 0.3) is 0 Å². The molecule has 0 aliphatic rings. The van der Waals surface area contributed by atoms with Crippen molar-refractivity contribution in [1.82, 2.24) is 0 Å². The molecule has 40 heavy (non-hydrogen) atoms. The topological polar surface area (TPSA) is 17.1 Å². The third-order valence-corrected chi connectivity index (χ3v) is 9.41. The average Bonchev–Trinajstić information content (AvgIpc) is 2.94. The highest BCUT2D eigenvalue weighted by Crippen LogP contribution is 2.20. The lowest BCUT2D eigenvalue weighted by atomic mass is 9.95. The van der Waals surface area contributed by atoms with E-state index in [1.54, 1.807) is 0 Å². The molecule has 2 atom stereocenters. The Hall–Kier alpha value is -0.330. The van der Waals surface area contributed by atoms with Crippen LogP contribution >= 0.6 is 0 Å². The Balaban J connectivity index is 3.29. The van der Waals surface area contributed by atoms with Crippen molar-refractivity contribution in [3.8, 4) is 0 Å². The van der Waals surface area contributed by atoms with Gasteiger partial charge >= 0.3 is 0 Å². The number of unbranched alkanes of at least 4 members (excludes halogenated alkanes) is 22. The Bertz CT molecular complexity index is 441. The number of carbonyl (C=O) groups excluding carboxylic acids is 1. The maximum atomic E-state index is 12.2.